The van der Waals surface area contributed by atoms with E-state index >= 15 is 0 Å². The maximum atomic E-state index is 11.6. The number of ether oxygens (including phenoxy) is 1. The molecule has 3 heteroatoms. The number of benzene rings is 1. The van der Waals surface area contributed by atoms with Crippen molar-refractivity contribution in [2.45, 2.75) is 39.5 Å². The molecule has 1 aromatic carbocycles. The van der Waals surface area contributed by atoms with Crippen molar-refractivity contribution >= 4 is 11.6 Å². The summed E-state index contributed by atoms with van der Waals surface area (Å²) in [5.41, 5.74) is 0.766. The van der Waals surface area contributed by atoms with Crippen molar-refractivity contribution in [1.82, 2.24) is 0 Å². The van der Waals surface area contributed by atoms with Gasteiger partial charge in [0.2, 0.25) is 5.91 Å². The highest BCUT2D eigenvalue weighted by Crippen LogP contribution is 2.24. The molecular formula is C14H21NO2. The first-order valence-corrected chi connectivity index (χ1v) is 6.29. The molecule has 0 unspecified atom stereocenters. The number of hydrogen-bond acceptors (Lipinski definition) is 2. The van der Waals surface area contributed by atoms with Crippen LogP contribution in [0, 0.1) is 0 Å². The van der Waals surface area contributed by atoms with Crippen molar-refractivity contribution in [1.29, 1.82) is 0 Å². The van der Waals surface area contributed by atoms with Crippen LogP contribution in [-0.2, 0) is 4.79 Å². The van der Waals surface area contributed by atoms with Crippen LogP contribution in [0.1, 0.15) is 39.5 Å². The van der Waals surface area contributed by atoms with Crippen molar-refractivity contribution in [3.05, 3.63) is 24.3 Å². The fourth-order valence-corrected chi connectivity index (χ4v) is 1.46. The zero-order valence-electron chi connectivity index (χ0n) is 10.7. The van der Waals surface area contributed by atoms with E-state index in [-0.39, 0.29) is 5.91 Å². The standard InChI is InChI=1S/C14H21NO2/c1-3-5-10-14(16)15-12-8-6-7-9-13(12)17-11-4-2/h6-9H,3-5,10-11H2,1-2H3,(H,15,16). The topological polar surface area (TPSA) is 38.3 Å². The Morgan fingerprint density at radius 1 is 1.24 bits per heavy atom. The summed E-state index contributed by atoms with van der Waals surface area (Å²) in [6, 6.07) is 7.56. The van der Waals surface area contributed by atoms with Gasteiger partial charge in [0.1, 0.15) is 5.75 Å². The molecule has 1 N–H and O–H groups in total. The second-order valence-electron chi connectivity index (χ2n) is 4.00. The summed E-state index contributed by atoms with van der Waals surface area (Å²) >= 11 is 0. The molecule has 1 aromatic rings. The summed E-state index contributed by atoms with van der Waals surface area (Å²) < 4.78 is 5.58. The lowest BCUT2D eigenvalue weighted by Crippen LogP contribution is -2.12. The van der Waals surface area contributed by atoms with Crippen molar-refractivity contribution < 1.29 is 9.53 Å². The molecule has 0 spiro atoms. The molecule has 0 radical (unpaired) electrons. The van der Waals surface area contributed by atoms with Crippen LogP contribution in [0.2, 0.25) is 0 Å². The van der Waals surface area contributed by atoms with Crippen LogP contribution in [0.3, 0.4) is 0 Å². The molecule has 94 valence electrons. The second kappa shape index (κ2) is 7.71. The van der Waals surface area contributed by atoms with Crippen LogP contribution in [0.4, 0.5) is 5.69 Å². The quantitative estimate of drug-likeness (QED) is 0.784. The highest BCUT2D eigenvalue weighted by Gasteiger charge is 2.06. The Labute approximate surface area is 103 Å². The minimum absolute atomic E-state index is 0.0550. The minimum atomic E-state index is 0.0550. The summed E-state index contributed by atoms with van der Waals surface area (Å²) in [5.74, 6) is 0.804. The maximum absolute atomic E-state index is 11.6. The number of rotatable bonds is 7. The normalized spacial score (nSPS) is 10.0. The van der Waals surface area contributed by atoms with E-state index in [2.05, 4.69) is 19.2 Å². The van der Waals surface area contributed by atoms with Crippen LogP contribution >= 0.6 is 0 Å². The van der Waals surface area contributed by atoms with Gasteiger partial charge in [-0.05, 0) is 25.0 Å². The Balaban J connectivity index is 2.59. The highest BCUT2D eigenvalue weighted by atomic mass is 16.5. The van der Waals surface area contributed by atoms with E-state index in [0.717, 1.165) is 30.7 Å². The van der Waals surface area contributed by atoms with Gasteiger partial charge in [-0.3, -0.25) is 4.79 Å². The van der Waals surface area contributed by atoms with Crippen molar-refractivity contribution in [2.24, 2.45) is 0 Å². The molecule has 0 atom stereocenters. The molecule has 0 aromatic heterocycles. The smallest absolute Gasteiger partial charge is 0.224 e. The number of carbonyl (C=O) groups is 1. The summed E-state index contributed by atoms with van der Waals surface area (Å²) in [4.78, 5) is 11.6. The first-order chi connectivity index (χ1) is 8.27. The molecule has 17 heavy (non-hydrogen) atoms. The first kappa shape index (κ1) is 13.6. The predicted octanol–water partition coefficient (Wildman–Crippen LogP) is 3.60. The van der Waals surface area contributed by atoms with Gasteiger partial charge in [-0.2, -0.15) is 0 Å². The number of anilines is 1. The molecule has 0 aliphatic rings. The second-order valence-corrected chi connectivity index (χ2v) is 4.00. The third kappa shape index (κ3) is 4.89. The largest absolute Gasteiger partial charge is 0.491 e. The van der Waals surface area contributed by atoms with Crippen LogP contribution < -0.4 is 10.1 Å². The fourth-order valence-electron chi connectivity index (χ4n) is 1.46. The number of carbonyl (C=O) groups excluding carboxylic acids is 1. The monoisotopic (exact) mass is 235 g/mol. The van der Waals surface area contributed by atoms with Crippen molar-refractivity contribution in [3.8, 4) is 5.75 Å². The highest BCUT2D eigenvalue weighted by molar-refractivity contribution is 5.92. The van der Waals surface area contributed by atoms with Crippen molar-refractivity contribution in [2.75, 3.05) is 11.9 Å². The maximum Gasteiger partial charge on any atom is 0.224 e. The lowest BCUT2D eigenvalue weighted by atomic mass is 10.2. The Hall–Kier alpha value is -1.51. The third-order valence-electron chi connectivity index (χ3n) is 2.38. The zero-order valence-corrected chi connectivity index (χ0v) is 10.7. The average Bonchev–Trinajstić information content (AvgIpc) is 2.35. The van der Waals surface area contributed by atoms with Crippen LogP contribution in [0.25, 0.3) is 0 Å². The van der Waals surface area contributed by atoms with E-state index in [9.17, 15) is 4.79 Å². The van der Waals surface area contributed by atoms with Crippen LogP contribution in [0.15, 0.2) is 24.3 Å². The van der Waals surface area contributed by atoms with Crippen LogP contribution in [0.5, 0.6) is 5.75 Å². The average molecular weight is 235 g/mol. The van der Waals surface area contributed by atoms with Crippen molar-refractivity contribution in [3.63, 3.8) is 0 Å². The van der Waals surface area contributed by atoms with Gasteiger partial charge < -0.3 is 10.1 Å². The first-order valence-electron chi connectivity index (χ1n) is 6.29. The van der Waals surface area contributed by atoms with Crippen LogP contribution in [-0.4, -0.2) is 12.5 Å². The third-order valence-corrected chi connectivity index (χ3v) is 2.38. The molecule has 0 aliphatic heterocycles. The summed E-state index contributed by atoms with van der Waals surface area (Å²) in [6.45, 7) is 4.80. The van der Waals surface area contributed by atoms with Gasteiger partial charge in [0.05, 0.1) is 12.3 Å². The molecule has 0 bridgehead atoms. The Morgan fingerprint density at radius 2 is 2.00 bits per heavy atom. The lowest BCUT2D eigenvalue weighted by molar-refractivity contribution is -0.116. The van der Waals surface area contributed by atoms with Gasteiger partial charge in [-0.25, -0.2) is 0 Å². The van der Waals surface area contributed by atoms with Gasteiger partial charge in [0, 0.05) is 6.42 Å². The van der Waals surface area contributed by atoms with Gasteiger partial charge in [-0.15, -0.1) is 0 Å². The van der Waals surface area contributed by atoms with E-state index in [4.69, 9.17) is 4.74 Å². The number of unbranched alkanes of at least 4 members (excludes halogenated alkanes) is 1. The SMILES string of the molecule is CCCCC(=O)Nc1ccccc1OCCC. The van der Waals surface area contributed by atoms with E-state index in [1.165, 1.54) is 0 Å². The number of amides is 1. The Kier molecular flexibility index (Phi) is 6.15. The number of hydrogen-bond donors (Lipinski definition) is 1. The van der Waals surface area contributed by atoms with E-state index in [1.807, 2.05) is 24.3 Å². The molecule has 1 rings (SSSR count). The lowest BCUT2D eigenvalue weighted by Gasteiger charge is -2.11. The zero-order chi connectivity index (χ0) is 12.5. The molecule has 1 amide bonds. The molecule has 3 nitrogen and oxygen atoms in total. The van der Waals surface area contributed by atoms with Gasteiger partial charge >= 0.3 is 0 Å². The molecule has 0 fully saturated rings. The van der Waals surface area contributed by atoms with E-state index in [1.54, 1.807) is 0 Å². The van der Waals surface area contributed by atoms with Gasteiger partial charge in [0.25, 0.3) is 0 Å². The number of para-hydroxylation sites is 2. The number of nitrogens with one attached hydrogen (secondary N) is 1. The Bertz CT molecular complexity index is 350. The molecule has 0 saturated heterocycles. The minimum Gasteiger partial charge on any atom is -0.491 e. The summed E-state index contributed by atoms with van der Waals surface area (Å²) in [5, 5.41) is 2.89. The predicted molar refractivity (Wildman–Crippen MR) is 70.4 cm³/mol. The van der Waals surface area contributed by atoms with E-state index in [0.29, 0.717) is 13.0 Å². The molecule has 0 heterocycles. The molecular weight excluding hydrogens is 214 g/mol. The molecule has 0 saturated carbocycles. The summed E-state index contributed by atoms with van der Waals surface area (Å²) in [7, 11) is 0. The van der Waals surface area contributed by atoms with Gasteiger partial charge in [0.15, 0.2) is 0 Å². The van der Waals surface area contributed by atoms with E-state index < -0.39 is 0 Å². The molecule has 0 aliphatic carbocycles. The fraction of sp³-hybridized carbons (Fsp3) is 0.500. The van der Waals surface area contributed by atoms with Gasteiger partial charge in [-0.1, -0.05) is 32.4 Å². The Morgan fingerprint density at radius 3 is 2.71 bits per heavy atom. The summed E-state index contributed by atoms with van der Waals surface area (Å²) in [6.07, 6.45) is 3.47.